The van der Waals surface area contributed by atoms with Crippen LogP contribution in [-0.2, 0) is 22.8 Å². The number of nitrogens with zero attached hydrogens (tertiary/aromatic N) is 2. The second kappa shape index (κ2) is 5.65. The lowest BCUT2D eigenvalue weighted by molar-refractivity contribution is 0.234. The second-order valence-corrected chi connectivity index (χ2v) is 7.71. The number of hydrogen-bond acceptors (Lipinski definition) is 5. The van der Waals surface area contributed by atoms with E-state index in [1.807, 2.05) is 0 Å². The fourth-order valence-electron chi connectivity index (χ4n) is 2.28. The van der Waals surface area contributed by atoms with Crippen molar-refractivity contribution in [2.45, 2.75) is 38.4 Å². The van der Waals surface area contributed by atoms with Gasteiger partial charge in [-0.3, -0.25) is 14.7 Å². The molecule has 0 unspecified atom stereocenters. The number of nitrogens with one attached hydrogen (secondary N) is 1. The average molecular weight is 299 g/mol. The first-order valence-electron chi connectivity index (χ1n) is 6.82. The maximum absolute atomic E-state index is 11.9. The molecule has 1 aromatic heterocycles. The lowest BCUT2D eigenvalue weighted by atomic mass is 10.1. The monoisotopic (exact) mass is 299 g/mol. The molecule has 0 saturated carbocycles. The summed E-state index contributed by atoms with van der Waals surface area (Å²) in [5, 5.41) is -0.230. The Hall–Kier alpha value is -1.21. The van der Waals surface area contributed by atoms with Crippen LogP contribution in [0.5, 0.6) is 0 Å². The van der Waals surface area contributed by atoms with E-state index in [9.17, 15) is 13.2 Å². The lowest BCUT2D eigenvalue weighted by Gasteiger charge is -2.28. The van der Waals surface area contributed by atoms with Gasteiger partial charge < -0.3 is 0 Å². The molecule has 0 saturated heterocycles. The van der Waals surface area contributed by atoms with Crippen molar-refractivity contribution in [1.29, 1.82) is 0 Å². The molecule has 7 heteroatoms. The molecule has 6 nitrogen and oxygen atoms in total. The smallest absolute Gasteiger partial charge is 0.255 e. The van der Waals surface area contributed by atoms with E-state index in [1.165, 1.54) is 0 Å². The minimum Gasteiger partial charge on any atom is -0.297 e. The summed E-state index contributed by atoms with van der Waals surface area (Å²) in [6.07, 6.45) is 2.76. The first-order valence-corrected chi connectivity index (χ1v) is 8.71. The molecule has 1 N–H and O–H groups in total. The molecular formula is C13H21N3O3S. The van der Waals surface area contributed by atoms with Crippen LogP contribution in [0.3, 0.4) is 0 Å². The number of aromatic nitrogens is 2. The van der Waals surface area contributed by atoms with Gasteiger partial charge in [0.15, 0.2) is 0 Å². The molecule has 0 radical (unpaired) electrons. The zero-order chi connectivity index (χ0) is 14.9. The third kappa shape index (κ3) is 3.46. The normalized spacial score (nSPS) is 16.4. The molecule has 0 aliphatic carbocycles. The van der Waals surface area contributed by atoms with Crippen LogP contribution in [0.1, 0.15) is 31.5 Å². The van der Waals surface area contributed by atoms with Crippen molar-refractivity contribution in [2.24, 2.45) is 5.92 Å². The van der Waals surface area contributed by atoms with Gasteiger partial charge in [-0.05, 0) is 25.3 Å². The zero-order valence-electron chi connectivity index (χ0n) is 12.1. The summed E-state index contributed by atoms with van der Waals surface area (Å²) in [7, 11) is -3.49. The lowest BCUT2D eigenvalue weighted by Crippen LogP contribution is -2.36. The Morgan fingerprint density at radius 3 is 2.70 bits per heavy atom. The molecule has 0 aromatic carbocycles. The maximum atomic E-state index is 11.9. The molecule has 20 heavy (non-hydrogen) atoms. The number of hydrogen-bond donors (Lipinski definition) is 1. The van der Waals surface area contributed by atoms with E-state index in [1.54, 1.807) is 0 Å². The van der Waals surface area contributed by atoms with Crippen LogP contribution in [-0.4, -0.2) is 42.6 Å². The van der Waals surface area contributed by atoms with Gasteiger partial charge in [-0.2, -0.15) is 0 Å². The summed E-state index contributed by atoms with van der Waals surface area (Å²) in [6.45, 7) is 6.65. The highest BCUT2D eigenvalue weighted by Gasteiger charge is 2.23. The van der Waals surface area contributed by atoms with Gasteiger partial charge >= 0.3 is 0 Å². The third-order valence-electron chi connectivity index (χ3n) is 3.50. The molecule has 2 rings (SSSR count). The molecular weight excluding hydrogens is 278 g/mol. The Labute approximate surface area is 119 Å². The van der Waals surface area contributed by atoms with Gasteiger partial charge in [-0.25, -0.2) is 13.4 Å². The summed E-state index contributed by atoms with van der Waals surface area (Å²) in [4.78, 5) is 20.7. The van der Waals surface area contributed by atoms with E-state index in [-0.39, 0.29) is 10.7 Å². The maximum Gasteiger partial charge on any atom is 0.255 e. The first kappa shape index (κ1) is 15.2. The Kier molecular flexibility index (Phi) is 4.29. The van der Waals surface area contributed by atoms with Crippen LogP contribution in [0, 0.1) is 5.92 Å². The molecule has 0 spiro atoms. The first-order chi connectivity index (χ1) is 9.27. The molecule has 0 bridgehead atoms. The van der Waals surface area contributed by atoms with Gasteiger partial charge in [0.1, 0.15) is 0 Å². The SMILES string of the molecule is CC(C)CCN1CCc2c(nc(S(C)(=O)=O)[nH]c2=O)C1. The molecule has 2 heterocycles. The van der Waals surface area contributed by atoms with Crippen molar-refractivity contribution in [3.8, 4) is 0 Å². The van der Waals surface area contributed by atoms with Gasteiger partial charge in [0, 0.05) is 24.9 Å². The summed E-state index contributed by atoms with van der Waals surface area (Å²) in [6, 6.07) is 0. The Bertz CT molecular complexity index is 649. The average Bonchev–Trinajstić information content (AvgIpc) is 2.34. The van der Waals surface area contributed by atoms with E-state index in [2.05, 4.69) is 28.7 Å². The Morgan fingerprint density at radius 1 is 1.40 bits per heavy atom. The van der Waals surface area contributed by atoms with Gasteiger partial charge in [-0.1, -0.05) is 13.8 Å². The van der Waals surface area contributed by atoms with Crippen molar-refractivity contribution in [3.63, 3.8) is 0 Å². The predicted molar refractivity (Wildman–Crippen MR) is 76.4 cm³/mol. The van der Waals surface area contributed by atoms with Crippen LogP contribution >= 0.6 is 0 Å². The summed E-state index contributed by atoms with van der Waals surface area (Å²) >= 11 is 0. The molecule has 1 aromatic rings. The van der Waals surface area contributed by atoms with Crippen LogP contribution in [0.25, 0.3) is 0 Å². The highest BCUT2D eigenvalue weighted by Crippen LogP contribution is 2.16. The van der Waals surface area contributed by atoms with Crippen molar-refractivity contribution in [1.82, 2.24) is 14.9 Å². The van der Waals surface area contributed by atoms with Gasteiger partial charge in [0.2, 0.25) is 15.0 Å². The number of rotatable bonds is 4. The number of aromatic amines is 1. The standard InChI is InChI=1S/C13H21N3O3S/c1-9(2)4-6-16-7-5-10-11(8-16)14-13(15-12(10)17)20(3,18)19/h9H,4-8H2,1-3H3,(H,14,15,17). The van der Waals surface area contributed by atoms with Gasteiger partial charge in [-0.15, -0.1) is 0 Å². The Balaban J connectivity index is 2.26. The summed E-state index contributed by atoms with van der Waals surface area (Å²) < 4.78 is 23.0. The summed E-state index contributed by atoms with van der Waals surface area (Å²) in [5.74, 6) is 0.620. The topological polar surface area (TPSA) is 83.1 Å². The largest absolute Gasteiger partial charge is 0.297 e. The highest BCUT2D eigenvalue weighted by molar-refractivity contribution is 7.90. The van der Waals surface area contributed by atoms with Crippen LogP contribution < -0.4 is 5.56 Å². The molecule has 0 fully saturated rings. The molecule has 112 valence electrons. The van der Waals surface area contributed by atoms with Crippen LogP contribution in [0.4, 0.5) is 0 Å². The highest BCUT2D eigenvalue weighted by atomic mass is 32.2. The van der Waals surface area contributed by atoms with Crippen LogP contribution in [0.2, 0.25) is 0 Å². The molecule has 1 aliphatic rings. The Morgan fingerprint density at radius 2 is 2.10 bits per heavy atom. The predicted octanol–water partition coefficient (Wildman–Crippen LogP) is 0.578. The number of sulfone groups is 1. The van der Waals surface area contributed by atoms with E-state index in [4.69, 9.17) is 0 Å². The minimum atomic E-state index is -3.49. The van der Waals surface area contributed by atoms with Crippen LogP contribution in [0.15, 0.2) is 9.95 Å². The molecule has 1 aliphatic heterocycles. The van der Waals surface area contributed by atoms with E-state index in [0.29, 0.717) is 30.1 Å². The second-order valence-electron chi connectivity index (χ2n) is 5.78. The van der Waals surface area contributed by atoms with E-state index in [0.717, 1.165) is 25.8 Å². The number of fused-ring (bicyclic) bond motifs is 1. The molecule has 0 amide bonds. The minimum absolute atomic E-state index is 0.230. The van der Waals surface area contributed by atoms with Crippen molar-refractivity contribution >= 4 is 9.84 Å². The van der Waals surface area contributed by atoms with Gasteiger partial charge in [0.05, 0.1) is 5.69 Å². The summed E-state index contributed by atoms with van der Waals surface area (Å²) in [5.41, 5.74) is 0.904. The van der Waals surface area contributed by atoms with E-state index < -0.39 is 9.84 Å². The van der Waals surface area contributed by atoms with Gasteiger partial charge in [0.25, 0.3) is 5.56 Å². The number of H-pyrrole nitrogens is 1. The zero-order valence-corrected chi connectivity index (χ0v) is 13.0. The fraction of sp³-hybridized carbons (Fsp3) is 0.692. The fourth-order valence-corrected chi connectivity index (χ4v) is 2.83. The molecule has 0 atom stereocenters. The van der Waals surface area contributed by atoms with Crippen molar-refractivity contribution in [2.75, 3.05) is 19.3 Å². The van der Waals surface area contributed by atoms with E-state index >= 15 is 0 Å². The quantitative estimate of drug-likeness (QED) is 0.822. The van der Waals surface area contributed by atoms with Crippen molar-refractivity contribution in [3.05, 3.63) is 21.6 Å². The van der Waals surface area contributed by atoms with Crippen molar-refractivity contribution < 1.29 is 8.42 Å². The third-order valence-corrected chi connectivity index (χ3v) is 4.40.